The minimum absolute atomic E-state index is 0.123. The van der Waals surface area contributed by atoms with Gasteiger partial charge in [-0.15, -0.1) is 0 Å². The number of amides is 1. The topological polar surface area (TPSA) is 60.3 Å². The molecule has 3 rings (SSSR count). The van der Waals surface area contributed by atoms with E-state index < -0.39 is 5.91 Å². The summed E-state index contributed by atoms with van der Waals surface area (Å²) in [5, 5.41) is 3.30. The zero-order valence-electron chi connectivity index (χ0n) is 13.6. The van der Waals surface area contributed by atoms with Crippen LogP contribution in [0.1, 0.15) is 17.3 Å². The highest BCUT2D eigenvalue weighted by Gasteiger charge is 2.15. The molecule has 5 heteroatoms. The number of fused-ring (bicyclic) bond motifs is 1. The summed E-state index contributed by atoms with van der Waals surface area (Å²) in [6.07, 6.45) is 1.61. The van der Waals surface area contributed by atoms with E-state index in [2.05, 4.69) is 5.32 Å². The van der Waals surface area contributed by atoms with Crippen molar-refractivity contribution in [2.75, 3.05) is 12.4 Å². The number of hydrogen-bond donors (Lipinski definition) is 1. The van der Waals surface area contributed by atoms with Crippen molar-refractivity contribution in [1.82, 2.24) is 4.57 Å². The number of aryl methyl sites for hydroxylation is 1. The minimum atomic E-state index is -0.429. The first-order valence-corrected chi connectivity index (χ1v) is 7.71. The Balaban J connectivity index is 2.03. The van der Waals surface area contributed by atoms with E-state index in [1.807, 2.05) is 23.6 Å². The zero-order chi connectivity index (χ0) is 17.1. The van der Waals surface area contributed by atoms with Crippen molar-refractivity contribution < 1.29 is 9.53 Å². The van der Waals surface area contributed by atoms with E-state index in [0.717, 1.165) is 5.52 Å². The molecule has 0 unspecified atom stereocenters. The Kier molecular flexibility index (Phi) is 4.33. The molecule has 1 heterocycles. The number of nitrogens with zero attached hydrogens (tertiary/aromatic N) is 1. The molecule has 0 radical (unpaired) electrons. The Hall–Kier alpha value is -3.08. The Morgan fingerprint density at radius 3 is 2.71 bits per heavy atom. The lowest BCUT2D eigenvalue weighted by Crippen LogP contribution is -2.23. The van der Waals surface area contributed by atoms with Crippen LogP contribution >= 0.6 is 0 Å². The number of benzene rings is 2. The Bertz CT molecular complexity index is 960. The molecule has 2 aromatic carbocycles. The van der Waals surface area contributed by atoms with Crippen LogP contribution in [0.3, 0.4) is 0 Å². The van der Waals surface area contributed by atoms with Crippen LogP contribution in [0.2, 0.25) is 0 Å². The van der Waals surface area contributed by atoms with Gasteiger partial charge < -0.3 is 14.6 Å². The van der Waals surface area contributed by atoms with E-state index in [9.17, 15) is 9.59 Å². The average molecular weight is 322 g/mol. The molecule has 24 heavy (non-hydrogen) atoms. The molecule has 3 aromatic rings. The van der Waals surface area contributed by atoms with Gasteiger partial charge in [-0.3, -0.25) is 9.59 Å². The van der Waals surface area contributed by atoms with Gasteiger partial charge in [0, 0.05) is 29.9 Å². The third-order valence-corrected chi connectivity index (χ3v) is 3.90. The number of carbonyl (C=O) groups excluding carboxylic acids is 1. The van der Waals surface area contributed by atoms with Crippen LogP contribution in [0, 0.1) is 0 Å². The van der Waals surface area contributed by atoms with Gasteiger partial charge in [-0.05, 0) is 31.2 Å². The SMILES string of the molecule is CCn1cc(C(=O)Nc2cccc(OC)c2)c(=O)c2ccccc21. The molecule has 5 nitrogen and oxygen atoms in total. The van der Waals surface area contributed by atoms with Crippen LogP contribution in [-0.2, 0) is 6.54 Å². The number of carbonyl (C=O) groups is 1. The van der Waals surface area contributed by atoms with Gasteiger partial charge in [-0.1, -0.05) is 18.2 Å². The van der Waals surface area contributed by atoms with Crippen molar-refractivity contribution in [2.24, 2.45) is 0 Å². The second kappa shape index (κ2) is 6.58. The van der Waals surface area contributed by atoms with Gasteiger partial charge in [0.1, 0.15) is 11.3 Å². The molecular weight excluding hydrogens is 304 g/mol. The number of rotatable bonds is 4. The fourth-order valence-electron chi connectivity index (χ4n) is 2.67. The standard InChI is InChI=1S/C19H18N2O3/c1-3-21-12-16(18(22)15-9-4-5-10-17(15)21)19(23)20-13-7-6-8-14(11-13)24-2/h4-12H,3H2,1-2H3,(H,20,23). The molecule has 0 aliphatic carbocycles. The summed E-state index contributed by atoms with van der Waals surface area (Å²) < 4.78 is 7.04. The van der Waals surface area contributed by atoms with E-state index in [1.165, 1.54) is 0 Å². The summed E-state index contributed by atoms with van der Waals surface area (Å²) in [7, 11) is 1.56. The van der Waals surface area contributed by atoms with Crippen LogP contribution in [0.5, 0.6) is 5.75 Å². The maximum Gasteiger partial charge on any atom is 0.261 e. The second-order valence-corrected chi connectivity index (χ2v) is 5.36. The maximum atomic E-state index is 12.7. The number of anilines is 1. The van der Waals surface area contributed by atoms with Crippen molar-refractivity contribution in [3.8, 4) is 5.75 Å². The maximum absolute atomic E-state index is 12.7. The third kappa shape index (κ3) is 2.88. The summed E-state index contributed by atoms with van der Waals surface area (Å²) in [5.74, 6) is 0.207. The van der Waals surface area contributed by atoms with Crippen LogP contribution in [-0.4, -0.2) is 17.6 Å². The summed E-state index contributed by atoms with van der Waals surface area (Å²) in [5.41, 5.74) is 1.26. The highest BCUT2D eigenvalue weighted by atomic mass is 16.5. The fourth-order valence-corrected chi connectivity index (χ4v) is 2.67. The molecule has 122 valence electrons. The second-order valence-electron chi connectivity index (χ2n) is 5.36. The monoisotopic (exact) mass is 322 g/mol. The van der Waals surface area contributed by atoms with E-state index in [4.69, 9.17) is 4.74 Å². The van der Waals surface area contributed by atoms with Gasteiger partial charge in [0.15, 0.2) is 0 Å². The molecule has 1 amide bonds. The van der Waals surface area contributed by atoms with Crippen molar-refractivity contribution in [1.29, 1.82) is 0 Å². The van der Waals surface area contributed by atoms with Crippen molar-refractivity contribution in [3.05, 3.63) is 70.5 Å². The first-order valence-electron chi connectivity index (χ1n) is 7.71. The average Bonchev–Trinajstić information content (AvgIpc) is 2.62. The lowest BCUT2D eigenvalue weighted by molar-refractivity contribution is 0.102. The predicted molar refractivity (Wildman–Crippen MR) is 94.8 cm³/mol. The van der Waals surface area contributed by atoms with Gasteiger partial charge >= 0.3 is 0 Å². The van der Waals surface area contributed by atoms with Gasteiger partial charge in [0.25, 0.3) is 5.91 Å². The molecule has 0 spiro atoms. The Labute approximate surface area is 139 Å². The highest BCUT2D eigenvalue weighted by molar-refractivity contribution is 6.05. The van der Waals surface area contributed by atoms with Crippen molar-refractivity contribution in [3.63, 3.8) is 0 Å². The van der Waals surface area contributed by atoms with E-state index in [1.54, 1.807) is 49.7 Å². The lowest BCUT2D eigenvalue weighted by atomic mass is 10.1. The molecule has 1 N–H and O–H groups in total. The summed E-state index contributed by atoms with van der Waals surface area (Å²) in [6, 6.07) is 14.3. The van der Waals surface area contributed by atoms with Crippen LogP contribution in [0.15, 0.2) is 59.5 Å². The quantitative estimate of drug-likeness (QED) is 0.802. The Morgan fingerprint density at radius 1 is 1.17 bits per heavy atom. The first-order chi connectivity index (χ1) is 11.6. The first kappa shape index (κ1) is 15.8. The van der Waals surface area contributed by atoms with E-state index in [0.29, 0.717) is 23.4 Å². The van der Waals surface area contributed by atoms with Crippen LogP contribution in [0.4, 0.5) is 5.69 Å². The molecule has 0 saturated carbocycles. The fraction of sp³-hybridized carbons (Fsp3) is 0.158. The van der Waals surface area contributed by atoms with Gasteiger partial charge in [0.05, 0.1) is 12.6 Å². The van der Waals surface area contributed by atoms with E-state index >= 15 is 0 Å². The van der Waals surface area contributed by atoms with E-state index in [-0.39, 0.29) is 11.0 Å². The van der Waals surface area contributed by atoms with Gasteiger partial charge in [0.2, 0.25) is 5.43 Å². The number of ether oxygens (including phenoxy) is 1. The summed E-state index contributed by atoms with van der Waals surface area (Å²) in [4.78, 5) is 25.2. The Morgan fingerprint density at radius 2 is 1.96 bits per heavy atom. The number of pyridine rings is 1. The largest absolute Gasteiger partial charge is 0.497 e. The normalized spacial score (nSPS) is 10.6. The number of para-hydroxylation sites is 1. The number of methoxy groups -OCH3 is 1. The van der Waals surface area contributed by atoms with Crippen LogP contribution < -0.4 is 15.5 Å². The van der Waals surface area contributed by atoms with Crippen molar-refractivity contribution in [2.45, 2.75) is 13.5 Å². The molecule has 0 aliphatic heterocycles. The van der Waals surface area contributed by atoms with Crippen LogP contribution in [0.25, 0.3) is 10.9 Å². The lowest BCUT2D eigenvalue weighted by Gasteiger charge is -2.12. The number of nitrogens with one attached hydrogen (secondary N) is 1. The minimum Gasteiger partial charge on any atom is -0.497 e. The van der Waals surface area contributed by atoms with Gasteiger partial charge in [-0.25, -0.2) is 0 Å². The predicted octanol–water partition coefficient (Wildman–Crippen LogP) is 3.28. The summed E-state index contributed by atoms with van der Waals surface area (Å²) >= 11 is 0. The molecule has 0 fully saturated rings. The molecule has 1 aromatic heterocycles. The molecule has 0 aliphatic rings. The molecular formula is C19H18N2O3. The molecule has 0 bridgehead atoms. The highest BCUT2D eigenvalue weighted by Crippen LogP contribution is 2.18. The molecule has 0 saturated heterocycles. The number of hydrogen-bond acceptors (Lipinski definition) is 3. The molecule has 0 atom stereocenters. The third-order valence-electron chi connectivity index (χ3n) is 3.90. The summed E-state index contributed by atoms with van der Waals surface area (Å²) in [6.45, 7) is 2.64. The van der Waals surface area contributed by atoms with Gasteiger partial charge in [-0.2, -0.15) is 0 Å². The zero-order valence-corrected chi connectivity index (χ0v) is 13.6. The smallest absolute Gasteiger partial charge is 0.261 e. The van der Waals surface area contributed by atoms with Crippen molar-refractivity contribution >= 4 is 22.5 Å². The number of aromatic nitrogens is 1.